The Morgan fingerprint density at radius 1 is 1.21 bits per heavy atom. The molecule has 2 aromatic rings. The van der Waals surface area contributed by atoms with Gasteiger partial charge in [0.15, 0.2) is 0 Å². The first kappa shape index (κ1) is 13.8. The maximum atomic E-state index is 11.4. The maximum absolute atomic E-state index is 11.4. The zero-order chi connectivity index (χ0) is 13.8. The van der Waals surface area contributed by atoms with E-state index in [9.17, 15) is 9.90 Å². The lowest BCUT2D eigenvalue weighted by Crippen LogP contribution is -2.15. The minimum atomic E-state index is -0.954. The van der Waals surface area contributed by atoms with Crippen molar-refractivity contribution < 1.29 is 9.90 Å². The molecule has 19 heavy (non-hydrogen) atoms. The van der Waals surface area contributed by atoms with Gasteiger partial charge in [-0.25, -0.2) is 4.98 Å². The van der Waals surface area contributed by atoms with Crippen molar-refractivity contribution in [3.8, 4) is 0 Å². The van der Waals surface area contributed by atoms with Crippen molar-refractivity contribution in [2.75, 3.05) is 0 Å². The highest BCUT2D eigenvalue weighted by Gasteiger charge is 2.23. The average Bonchev–Trinajstić information content (AvgIpc) is 2.39. The fraction of sp³-hybridized carbons (Fsp3) is 0.154. The van der Waals surface area contributed by atoms with Crippen LogP contribution in [0.3, 0.4) is 0 Å². The second kappa shape index (κ2) is 5.99. The minimum absolute atomic E-state index is 0.212. The third kappa shape index (κ3) is 3.43. The van der Waals surface area contributed by atoms with E-state index in [0.29, 0.717) is 16.3 Å². The highest BCUT2D eigenvalue weighted by atomic mass is 35.5. The van der Waals surface area contributed by atoms with Gasteiger partial charge in [0.25, 0.3) is 0 Å². The van der Waals surface area contributed by atoms with Crippen LogP contribution >= 0.6 is 23.2 Å². The Morgan fingerprint density at radius 3 is 2.53 bits per heavy atom. The zero-order valence-electron chi connectivity index (χ0n) is 9.75. The summed E-state index contributed by atoms with van der Waals surface area (Å²) in [7, 11) is 0. The van der Waals surface area contributed by atoms with E-state index >= 15 is 0 Å². The Morgan fingerprint density at radius 2 is 1.95 bits per heavy atom. The summed E-state index contributed by atoms with van der Waals surface area (Å²) in [5, 5.41) is 10.0. The molecule has 2 rings (SSSR count). The van der Waals surface area contributed by atoms with Crippen LogP contribution in [0.4, 0.5) is 0 Å². The van der Waals surface area contributed by atoms with Gasteiger partial charge in [-0.15, -0.1) is 0 Å². The SMILES string of the molecule is O=C(O)C(Cc1cnc(Cl)cn1)c1ccccc1Cl. The highest BCUT2D eigenvalue weighted by molar-refractivity contribution is 6.31. The van der Waals surface area contributed by atoms with Gasteiger partial charge in [0.1, 0.15) is 5.15 Å². The van der Waals surface area contributed by atoms with E-state index in [1.165, 1.54) is 12.4 Å². The Labute approximate surface area is 120 Å². The fourth-order valence-corrected chi connectivity index (χ4v) is 2.11. The fourth-order valence-electron chi connectivity index (χ4n) is 1.74. The van der Waals surface area contributed by atoms with Crippen LogP contribution < -0.4 is 0 Å². The molecular weight excluding hydrogens is 287 g/mol. The number of halogens is 2. The maximum Gasteiger partial charge on any atom is 0.311 e. The van der Waals surface area contributed by atoms with Crippen LogP contribution in [0, 0.1) is 0 Å². The van der Waals surface area contributed by atoms with E-state index in [1.807, 2.05) is 0 Å². The monoisotopic (exact) mass is 296 g/mol. The van der Waals surface area contributed by atoms with Crippen molar-refractivity contribution in [1.82, 2.24) is 9.97 Å². The molecule has 0 fully saturated rings. The van der Waals surface area contributed by atoms with E-state index in [-0.39, 0.29) is 11.6 Å². The van der Waals surface area contributed by atoms with Crippen molar-refractivity contribution in [1.29, 1.82) is 0 Å². The number of nitrogens with zero attached hydrogens (tertiary/aromatic N) is 2. The molecule has 1 aromatic heterocycles. The van der Waals surface area contributed by atoms with Crippen LogP contribution in [-0.2, 0) is 11.2 Å². The van der Waals surface area contributed by atoms with E-state index in [2.05, 4.69) is 9.97 Å². The third-order valence-electron chi connectivity index (χ3n) is 2.67. The van der Waals surface area contributed by atoms with Gasteiger partial charge in [-0.1, -0.05) is 41.4 Å². The van der Waals surface area contributed by atoms with E-state index in [4.69, 9.17) is 23.2 Å². The predicted molar refractivity (Wildman–Crippen MR) is 72.6 cm³/mol. The molecule has 98 valence electrons. The number of hydrogen-bond acceptors (Lipinski definition) is 3. The Bertz CT molecular complexity index is 587. The first-order valence-electron chi connectivity index (χ1n) is 5.51. The molecule has 0 radical (unpaired) electrons. The van der Waals surface area contributed by atoms with E-state index < -0.39 is 11.9 Å². The topological polar surface area (TPSA) is 63.1 Å². The molecule has 0 bridgehead atoms. The van der Waals surface area contributed by atoms with Gasteiger partial charge >= 0.3 is 5.97 Å². The van der Waals surface area contributed by atoms with Gasteiger partial charge in [-0.3, -0.25) is 9.78 Å². The molecule has 1 atom stereocenters. The average molecular weight is 297 g/mol. The molecular formula is C13H10Cl2N2O2. The highest BCUT2D eigenvalue weighted by Crippen LogP contribution is 2.27. The van der Waals surface area contributed by atoms with Gasteiger partial charge in [0, 0.05) is 11.4 Å². The van der Waals surface area contributed by atoms with Crippen molar-refractivity contribution in [3.63, 3.8) is 0 Å². The summed E-state index contributed by atoms with van der Waals surface area (Å²) in [4.78, 5) is 19.3. The van der Waals surface area contributed by atoms with Gasteiger partial charge in [-0.05, 0) is 11.6 Å². The molecule has 1 N–H and O–H groups in total. The van der Waals surface area contributed by atoms with Gasteiger partial charge < -0.3 is 5.11 Å². The number of hydrogen-bond donors (Lipinski definition) is 1. The molecule has 0 spiro atoms. The van der Waals surface area contributed by atoms with Gasteiger partial charge in [0.05, 0.1) is 24.0 Å². The molecule has 0 aliphatic carbocycles. The molecule has 0 aliphatic rings. The minimum Gasteiger partial charge on any atom is -0.481 e. The molecule has 1 aromatic carbocycles. The second-order valence-electron chi connectivity index (χ2n) is 3.95. The lowest BCUT2D eigenvalue weighted by molar-refractivity contribution is -0.138. The van der Waals surface area contributed by atoms with Gasteiger partial charge in [-0.2, -0.15) is 0 Å². The number of carboxylic acid groups (broad SMARTS) is 1. The Balaban J connectivity index is 2.29. The normalized spacial score (nSPS) is 12.1. The molecule has 0 saturated carbocycles. The summed E-state index contributed by atoms with van der Waals surface area (Å²) in [6, 6.07) is 6.88. The first-order valence-corrected chi connectivity index (χ1v) is 6.27. The summed E-state index contributed by atoms with van der Waals surface area (Å²) in [5.41, 5.74) is 1.12. The second-order valence-corrected chi connectivity index (χ2v) is 4.74. The van der Waals surface area contributed by atoms with Crippen molar-refractivity contribution in [3.05, 3.63) is 58.1 Å². The van der Waals surface area contributed by atoms with Crippen molar-refractivity contribution in [2.45, 2.75) is 12.3 Å². The lowest BCUT2D eigenvalue weighted by atomic mass is 9.94. The molecule has 1 unspecified atom stereocenters. The third-order valence-corrected chi connectivity index (χ3v) is 3.21. The summed E-state index contributed by atoms with van der Waals surface area (Å²) in [5.74, 6) is -1.71. The van der Waals surface area contributed by atoms with Crippen LogP contribution in [-0.4, -0.2) is 21.0 Å². The number of carbonyl (C=O) groups is 1. The molecule has 0 amide bonds. The van der Waals surface area contributed by atoms with E-state index in [1.54, 1.807) is 24.3 Å². The molecule has 0 aliphatic heterocycles. The number of benzene rings is 1. The zero-order valence-corrected chi connectivity index (χ0v) is 11.3. The smallest absolute Gasteiger partial charge is 0.311 e. The molecule has 6 heteroatoms. The van der Waals surface area contributed by atoms with Crippen LogP contribution in [0.2, 0.25) is 10.2 Å². The Hall–Kier alpha value is -1.65. The summed E-state index contributed by atoms with van der Waals surface area (Å²) in [6.45, 7) is 0. The summed E-state index contributed by atoms with van der Waals surface area (Å²) in [6.07, 6.45) is 3.07. The summed E-state index contributed by atoms with van der Waals surface area (Å²) < 4.78 is 0. The van der Waals surface area contributed by atoms with Gasteiger partial charge in [0.2, 0.25) is 0 Å². The van der Waals surface area contributed by atoms with E-state index in [0.717, 1.165) is 0 Å². The van der Waals surface area contributed by atoms with Crippen LogP contribution in [0.15, 0.2) is 36.7 Å². The van der Waals surface area contributed by atoms with Crippen molar-refractivity contribution in [2.24, 2.45) is 0 Å². The molecule has 4 nitrogen and oxygen atoms in total. The summed E-state index contributed by atoms with van der Waals surface area (Å²) >= 11 is 11.7. The quantitative estimate of drug-likeness (QED) is 0.941. The molecule has 0 saturated heterocycles. The first-order chi connectivity index (χ1) is 9.08. The van der Waals surface area contributed by atoms with Crippen molar-refractivity contribution >= 4 is 29.2 Å². The van der Waals surface area contributed by atoms with Crippen LogP contribution in [0.5, 0.6) is 0 Å². The standard InChI is InChI=1S/C13H10Cl2N2O2/c14-11-4-2-1-3-9(11)10(13(18)19)5-8-6-17-12(15)7-16-8/h1-4,6-7,10H,5H2,(H,18,19). The Kier molecular flexibility index (Phi) is 4.35. The van der Waals surface area contributed by atoms with Crippen LogP contribution in [0.1, 0.15) is 17.2 Å². The number of aromatic nitrogens is 2. The largest absolute Gasteiger partial charge is 0.481 e. The number of rotatable bonds is 4. The molecule has 1 heterocycles. The predicted octanol–water partition coefficient (Wildman–Crippen LogP) is 3.19. The number of carboxylic acids is 1. The lowest BCUT2D eigenvalue weighted by Gasteiger charge is -2.13. The number of aliphatic carboxylic acids is 1. The van der Waals surface area contributed by atoms with Crippen LogP contribution in [0.25, 0.3) is 0 Å².